The summed E-state index contributed by atoms with van der Waals surface area (Å²) in [6.07, 6.45) is 0. The predicted octanol–water partition coefficient (Wildman–Crippen LogP) is 1.81. The zero-order valence-electron chi connectivity index (χ0n) is 14.4. The Hall–Kier alpha value is -1.10. The molecule has 0 aromatic carbocycles. The molecular weight excluding hydrogens is 268 g/mol. The fraction of sp³-hybridized carbons (Fsp3) is 0.875. The molecule has 0 spiro atoms. The number of hydrogen-bond donors (Lipinski definition) is 1. The summed E-state index contributed by atoms with van der Waals surface area (Å²) in [5.74, 6) is 0.0819. The largest absolute Gasteiger partial charge is 0.374 e. The average Bonchev–Trinajstić information content (AvgIpc) is 2.32. The van der Waals surface area contributed by atoms with Gasteiger partial charge in [-0.3, -0.25) is 9.59 Å². The standard InChI is InChI=1S/C16H30N2O3/c1-8-21-16(6,7)9-18-13(11(4)5)14(19)17-12(10(2)3)15(18)20/h10-13H,8-9H2,1-7H3,(H,17,19). The zero-order chi connectivity index (χ0) is 16.4. The molecule has 0 saturated carbocycles. The number of piperazine rings is 1. The van der Waals surface area contributed by atoms with Crippen molar-refractivity contribution < 1.29 is 14.3 Å². The Balaban J connectivity index is 3.06. The first-order chi connectivity index (χ1) is 9.60. The summed E-state index contributed by atoms with van der Waals surface area (Å²) in [7, 11) is 0. The Labute approximate surface area is 128 Å². The van der Waals surface area contributed by atoms with Gasteiger partial charge in [0.05, 0.1) is 12.1 Å². The van der Waals surface area contributed by atoms with Crippen LogP contribution in [-0.4, -0.2) is 47.6 Å². The van der Waals surface area contributed by atoms with E-state index >= 15 is 0 Å². The molecule has 1 N–H and O–H groups in total. The van der Waals surface area contributed by atoms with Crippen molar-refractivity contribution >= 4 is 11.8 Å². The topological polar surface area (TPSA) is 58.6 Å². The summed E-state index contributed by atoms with van der Waals surface area (Å²) in [5.41, 5.74) is -0.462. The van der Waals surface area contributed by atoms with Crippen LogP contribution in [0.4, 0.5) is 0 Å². The summed E-state index contributed by atoms with van der Waals surface area (Å²) < 4.78 is 5.71. The highest BCUT2D eigenvalue weighted by molar-refractivity contribution is 5.97. The lowest BCUT2D eigenvalue weighted by molar-refractivity contribution is -0.157. The number of ether oxygens (including phenoxy) is 1. The van der Waals surface area contributed by atoms with E-state index in [1.807, 2.05) is 48.5 Å². The minimum atomic E-state index is -0.462. The van der Waals surface area contributed by atoms with E-state index in [0.29, 0.717) is 13.2 Å². The van der Waals surface area contributed by atoms with Crippen molar-refractivity contribution in [1.29, 1.82) is 0 Å². The van der Waals surface area contributed by atoms with Gasteiger partial charge in [0.2, 0.25) is 11.8 Å². The highest BCUT2D eigenvalue weighted by Crippen LogP contribution is 2.24. The lowest BCUT2D eigenvalue weighted by Crippen LogP contribution is -2.67. The molecule has 1 fully saturated rings. The van der Waals surface area contributed by atoms with Crippen molar-refractivity contribution in [2.45, 2.75) is 66.2 Å². The summed E-state index contributed by atoms with van der Waals surface area (Å²) in [6.45, 7) is 14.7. The minimum absolute atomic E-state index is 0.00363. The van der Waals surface area contributed by atoms with Crippen LogP contribution in [0.1, 0.15) is 48.5 Å². The van der Waals surface area contributed by atoms with Crippen molar-refractivity contribution in [1.82, 2.24) is 10.2 Å². The average molecular weight is 298 g/mol. The van der Waals surface area contributed by atoms with Gasteiger partial charge in [-0.05, 0) is 32.6 Å². The quantitative estimate of drug-likeness (QED) is 0.813. The molecule has 122 valence electrons. The molecule has 0 bridgehead atoms. The Morgan fingerprint density at radius 1 is 1.19 bits per heavy atom. The highest BCUT2D eigenvalue weighted by Gasteiger charge is 2.44. The second kappa shape index (κ2) is 6.77. The van der Waals surface area contributed by atoms with Crippen LogP contribution in [-0.2, 0) is 14.3 Å². The second-order valence-electron chi connectivity index (χ2n) is 7.08. The van der Waals surface area contributed by atoms with Gasteiger partial charge >= 0.3 is 0 Å². The van der Waals surface area contributed by atoms with E-state index in [1.165, 1.54) is 0 Å². The first kappa shape index (κ1) is 18.0. The van der Waals surface area contributed by atoms with Crippen molar-refractivity contribution in [2.24, 2.45) is 11.8 Å². The minimum Gasteiger partial charge on any atom is -0.374 e. The van der Waals surface area contributed by atoms with Crippen LogP contribution in [0, 0.1) is 11.8 Å². The number of rotatable bonds is 6. The van der Waals surface area contributed by atoms with E-state index in [1.54, 1.807) is 4.90 Å². The zero-order valence-corrected chi connectivity index (χ0v) is 14.4. The van der Waals surface area contributed by atoms with E-state index in [9.17, 15) is 9.59 Å². The molecule has 0 radical (unpaired) electrons. The van der Waals surface area contributed by atoms with Crippen LogP contribution in [0.2, 0.25) is 0 Å². The molecule has 0 aromatic rings. The summed E-state index contributed by atoms with van der Waals surface area (Å²) in [6, 6.07) is -0.864. The van der Waals surface area contributed by atoms with Crippen LogP contribution in [0.15, 0.2) is 0 Å². The third-order valence-corrected chi connectivity index (χ3v) is 3.84. The van der Waals surface area contributed by atoms with Crippen molar-refractivity contribution in [3.63, 3.8) is 0 Å². The molecule has 1 heterocycles. The molecule has 0 aliphatic carbocycles. The number of carbonyl (C=O) groups is 2. The number of nitrogens with one attached hydrogen (secondary N) is 1. The monoisotopic (exact) mass is 298 g/mol. The molecule has 2 amide bonds. The van der Waals surface area contributed by atoms with Gasteiger partial charge in [-0.25, -0.2) is 0 Å². The van der Waals surface area contributed by atoms with Crippen LogP contribution in [0.3, 0.4) is 0 Å². The second-order valence-corrected chi connectivity index (χ2v) is 7.08. The fourth-order valence-corrected chi connectivity index (χ4v) is 2.89. The van der Waals surface area contributed by atoms with Crippen LogP contribution in [0.5, 0.6) is 0 Å². The Morgan fingerprint density at radius 2 is 1.76 bits per heavy atom. The Bertz CT molecular complexity index is 391. The molecule has 0 aromatic heterocycles. The van der Waals surface area contributed by atoms with E-state index in [0.717, 1.165) is 0 Å². The maximum Gasteiger partial charge on any atom is 0.246 e. The summed E-state index contributed by atoms with van der Waals surface area (Å²) >= 11 is 0. The summed E-state index contributed by atoms with van der Waals surface area (Å²) in [4.78, 5) is 26.9. The van der Waals surface area contributed by atoms with Crippen LogP contribution < -0.4 is 5.32 Å². The third-order valence-electron chi connectivity index (χ3n) is 3.84. The van der Waals surface area contributed by atoms with Gasteiger partial charge in [0.1, 0.15) is 12.1 Å². The normalized spacial score (nSPS) is 24.0. The van der Waals surface area contributed by atoms with Gasteiger partial charge in [0, 0.05) is 6.61 Å². The van der Waals surface area contributed by atoms with E-state index in [-0.39, 0.29) is 23.7 Å². The molecule has 2 atom stereocenters. The van der Waals surface area contributed by atoms with Crippen LogP contribution >= 0.6 is 0 Å². The van der Waals surface area contributed by atoms with Crippen molar-refractivity contribution in [3.8, 4) is 0 Å². The van der Waals surface area contributed by atoms with Gasteiger partial charge in [-0.2, -0.15) is 0 Å². The number of carbonyl (C=O) groups excluding carboxylic acids is 2. The van der Waals surface area contributed by atoms with Gasteiger partial charge < -0.3 is 15.0 Å². The predicted molar refractivity (Wildman–Crippen MR) is 82.8 cm³/mol. The molecule has 21 heavy (non-hydrogen) atoms. The molecule has 1 rings (SSSR count). The first-order valence-corrected chi connectivity index (χ1v) is 7.85. The maximum absolute atomic E-state index is 12.8. The Kier molecular flexibility index (Phi) is 5.79. The van der Waals surface area contributed by atoms with Gasteiger partial charge in [-0.15, -0.1) is 0 Å². The molecule has 2 unspecified atom stereocenters. The van der Waals surface area contributed by atoms with Gasteiger partial charge in [0.15, 0.2) is 0 Å². The van der Waals surface area contributed by atoms with Crippen molar-refractivity contribution in [2.75, 3.05) is 13.2 Å². The van der Waals surface area contributed by atoms with Crippen LogP contribution in [0.25, 0.3) is 0 Å². The molecule has 1 aliphatic rings. The maximum atomic E-state index is 12.8. The fourth-order valence-electron chi connectivity index (χ4n) is 2.89. The van der Waals surface area contributed by atoms with Crippen molar-refractivity contribution in [3.05, 3.63) is 0 Å². The summed E-state index contributed by atoms with van der Waals surface area (Å²) in [5, 5.41) is 2.87. The smallest absolute Gasteiger partial charge is 0.246 e. The van der Waals surface area contributed by atoms with E-state index < -0.39 is 17.7 Å². The lowest BCUT2D eigenvalue weighted by Gasteiger charge is -2.44. The van der Waals surface area contributed by atoms with E-state index in [2.05, 4.69) is 5.32 Å². The molecule has 5 nitrogen and oxygen atoms in total. The highest BCUT2D eigenvalue weighted by atomic mass is 16.5. The van der Waals surface area contributed by atoms with E-state index in [4.69, 9.17) is 4.74 Å². The Morgan fingerprint density at radius 3 is 2.19 bits per heavy atom. The number of hydrogen-bond acceptors (Lipinski definition) is 3. The van der Waals surface area contributed by atoms with Gasteiger partial charge in [0.25, 0.3) is 0 Å². The number of nitrogens with zero attached hydrogens (tertiary/aromatic N) is 1. The van der Waals surface area contributed by atoms with Gasteiger partial charge in [-0.1, -0.05) is 27.7 Å². The molecule has 5 heteroatoms. The SMILES string of the molecule is CCOC(C)(C)CN1C(=O)C(C(C)C)NC(=O)C1C(C)C. The number of amides is 2. The lowest BCUT2D eigenvalue weighted by atomic mass is 9.91. The molecule has 1 aliphatic heterocycles. The molecule has 1 saturated heterocycles. The third kappa shape index (κ3) is 4.19. The first-order valence-electron chi connectivity index (χ1n) is 7.85. The molecular formula is C16H30N2O3.